The Morgan fingerprint density at radius 3 is 2.76 bits per heavy atom. The average molecular weight is 342 g/mol. The van der Waals surface area contributed by atoms with E-state index in [1.165, 1.54) is 6.07 Å². The highest BCUT2D eigenvalue weighted by atomic mass is 19.1. The summed E-state index contributed by atoms with van der Waals surface area (Å²) in [6.45, 7) is 10.4. The minimum absolute atomic E-state index is 0.0761. The number of rotatable bonds is 3. The normalized spacial score (nSPS) is 21.6. The Hall–Kier alpha value is -2.56. The molecular weight excluding hydrogens is 319 g/mol. The minimum Gasteiger partial charge on any atom is -0.478 e. The highest BCUT2D eigenvalue weighted by Crippen LogP contribution is 2.42. The number of amides is 1. The van der Waals surface area contributed by atoms with E-state index in [1.807, 2.05) is 13.0 Å². The summed E-state index contributed by atoms with van der Waals surface area (Å²) in [4.78, 5) is 11.7. The molecule has 0 aromatic heterocycles. The molecule has 1 unspecified atom stereocenters. The number of carbonyl (C=O) groups excluding carboxylic acids is 1. The molecule has 3 N–H and O–H groups in total. The maximum absolute atomic E-state index is 14.8. The molecule has 1 amide bonds. The van der Waals surface area contributed by atoms with Gasteiger partial charge >= 0.3 is 0 Å². The van der Waals surface area contributed by atoms with Gasteiger partial charge in [-0.25, -0.2) is 4.39 Å². The van der Waals surface area contributed by atoms with Crippen molar-refractivity contribution in [3.8, 4) is 0 Å². The number of carbonyl (C=O) groups is 1. The van der Waals surface area contributed by atoms with Crippen molar-refractivity contribution in [2.45, 2.75) is 33.2 Å². The maximum Gasteiger partial charge on any atom is 0.244 e. The number of hydrogen-bond acceptors (Lipinski definition) is 3. The first kappa shape index (κ1) is 17.3. The minimum atomic E-state index is -0.727. The third kappa shape index (κ3) is 3.31. The molecule has 0 aliphatic carbocycles. The van der Waals surface area contributed by atoms with Crippen LogP contribution in [-0.2, 0) is 9.53 Å². The summed E-state index contributed by atoms with van der Waals surface area (Å²) in [6.07, 6.45) is 2.40. The average Bonchev–Trinajstić information content (AvgIpc) is 2.53. The van der Waals surface area contributed by atoms with Crippen LogP contribution in [0.1, 0.15) is 38.3 Å². The van der Waals surface area contributed by atoms with Crippen molar-refractivity contribution in [1.29, 1.82) is 0 Å². The molecule has 25 heavy (non-hydrogen) atoms. The molecule has 0 saturated heterocycles. The van der Waals surface area contributed by atoms with Crippen LogP contribution in [0.3, 0.4) is 0 Å². The number of hydrogen-bond donors (Lipinski definition) is 2. The fourth-order valence-electron chi connectivity index (χ4n) is 3.17. The van der Waals surface area contributed by atoms with Crippen LogP contribution in [0.4, 0.5) is 4.39 Å². The van der Waals surface area contributed by atoms with Crippen molar-refractivity contribution >= 4 is 17.1 Å². The summed E-state index contributed by atoms with van der Waals surface area (Å²) in [5.74, 6) is -0.368. The van der Waals surface area contributed by atoms with Crippen LogP contribution in [0.15, 0.2) is 42.3 Å². The lowest BCUT2D eigenvalue weighted by Crippen LogP contribution is -2.44. The summed E-state index contributed by atoms with van der Waals surface area (Å²) in [5, 5.41) is 3.01. The number of dihydropyridines is 1. The molecule has 1 atom stereocenters. The van der Waals surface area contributed by atoms with E-state index >= 15 is 0 Å². The van der Waals surface area contributed by atoms with Gasteiger partial charge < -0.3 is 15.8 Å². The Morgan fingerprint density at radius 1 is 1.44 bits per heavy atom. The van der Waals surface area contributed by atoms with E-state index in [0.717, 1.165) is 16.7 Å². The molecule has 0 bridgehead atoms. The van der Waals surface area contributed by atoms with Crippen LogP contribution in [0, 0.1) is 11.2 Å². The van der Waals surface area contributed by atoms with Crippen LogP contribution in [0.2, 0.25) is 0 Å². The molecule has 5 heteroatoms. The molecular formula is C20H23FN2O2. The zero-order valence-corrected chi connectivity index (χ0v) is 14.8. The van der Waals surface area contributed by atoms with Crippen LogP contribution >= 0.6 is 0 Å². The molecule has 2 aliphatic rings. The van der Waals surface area contributed by atoms with Crippen molar-refractivity contribution < 1.29 is 13.9 Å². The SMILES string of the molecule is C=C(C)c1ccc(C2=CC(C(N)=O)NC3=C2CC(C)(C)CO3)c(F)c1. The van der Waals surface area contributed by atoms with Gasteiger partial charge in [0.25, 0.3) is 0 Å². The molecule has 2 heterocycles. The molecule has 1 aromatic rings. The molecule has 1 aromatic carbocycles. The Balaban J connectivity index is 2.11. The van der Waals surface area contributed by atoms with Crippen molar-refractivity contribution in [3.63, 3.8) is 0 Å². The Morgan fingerprint density at radius 2 is 2.16 bits per heavy atom. The largest absolute Gasteiger partial charge is 0.478 e. The van der Waals surface area contributed by atoms with Gasteiger partial charge in [0.2, 0.25) is 5.91 Å². The monoisotopic (exact) mass is 342 g/mol. The summed E-state index contributed by atoms with van der Waals surface area (Å²) >= 11 is 0. The number of ether oxygens (including phenoxy) is 1. The molecule has 0 fully saturated rings. The third-order valence-electron chi connectivity index (χ3n) is 4.54. The van der Waals surface area contributed by atoms with Gasteiger partial charge in [0.1, 0.15) is 11.9 Å². The quantitative estimate of drug-likeness (QED) is 0.885. The van der Waals surface area contributed by atoms with Gasteiger partial charge in [-0.1, -0.05) is 38.1 Å². The lowest BCUT2D eigenvalue weighted by Gasteiger charge is -2.37. The zero-order chi connectivity index (χ0) is 18.4. The van der Waals surface area contributed by atoms with E-state index in [9.17, 15) is 9.18 Å². The van der Waals surface area contributed by atoms with Crippen LogP contribution in [0.25, 0.3) is 11.1 Å². The van der Waals surface area contributed by atoms with E-state index in [-0.39, 0.29) is 11.2 Å². The Labute approximate surface area is 147 Å². The number of halogens is 1. The van der Waals surface area contributed by atoms with Gasteiger partial charge in [-0.15, -0.1) is 0 Å². The first-order valence-corrected chi connectivity index (χ1v) is 8.28. The van der Waals surface area contributed by atoms with Gasteiger partial charge in [0, 0.05) is 16.6 Å². The molecule has 132 valence electrons. The van der Waals surface area contributed by atoms with Crippen molar-refractivity contribution in [2.75, 3.05) is 6.61 Å². The van der Waals surface area contributed by atoms with E-state index < -0.39 is 11.9 Å². The predicted molar refractivity (Wildman–Crippen MR) is 96.6 cm³/mol. The molecule has 4 nitrogen and oxygen atoms in total. The number of nitrogens with two attached hydrogens (primary N) is 1. The second kappa shape index (κ2) is 6.06. The summed E-state index contributed by atoms with van der Waals surface area (Å²) < 4.78 is 20.6. The van der Waals surface area contributed by atoms with Gasteiger partial charge in [-0.05, 0) is 36.6 Å². The van der Waals surface area contributed by atoms with Crippen LogP contribution in [-0.4, -0.2) is 18.6 Å². The number of allylic oxidation sites excluding steroid dienone is 3. The van der Waals surface area contributed by atoms with Crippen molar-refractivity contribution in [3.05, 3.63) is 59.3 Å². The highest BCUT2D eigenvalue weighted by Gasteiger charge is 2.35. The maximum atomic E-state index is 14.8. The lowest BCUT2D eigenvalue weighted by atomic mass is 9.79. The predicted octanol–water partition coefficient (Wildman–Crippen LogP) is 3.36. The fourth-order valence-corrected chi connectivity index (χ4v) is 3.17. The molecule has 0 radical (unpaired) electrons. The fraction of sp³-hybridized carbons (Fsp3) is 0.350. The van der Waals surface area contributed by atoms with Crippen molar-refractivity contribution in [1.82, 2.24) is 5.32 Å². The van der Waals surface area contributed by atoms with E-state index in [2.05, 4.69) is 25.7 Å². The molecule has 2 aliphatic heterocycles. The van der Waals surface area contributed by atoms with Crippen molar-refractivity contribution in [2.24, 2.45) is 11.1 Å². The Bertz CT molecular complexity index is 821. The third-order valence-corrected chi connectivity index (χ3v) is 4.54. The lowest BCUT2D eigenvalue weighted by molar-refractivity contribution is -0.119. The first-order chi connectivity index (χ1) is 11.7. The van der Waals surface area contributed by atoms with Crippen LogP contribution < -0.4 is 11.1 Å². The second-order valence-corrected chi connectivity index (χ2v) is 7.52. The first-order valence-electron chi connectivity index (χ1n) is 8.28. The van der Waals surface area contributed by atoms with E-state index in [0.29, 0.717) is 30.0 Å². The summed E-state index contributed by atoms with van der Waals surface area (Å²) in [5.41, 5.74) is 8.89. The molecule has 0 saturated carbocycles. The summed E-state index contributed by atoms with van der Waals surface area (Å²) in [6, 6.07) is 4.29. The van der Waals surface area contributed by atoms with Gasteiger partial charge in [0.15, 0.2) is 5.88 Å². The number of nitrogens with one attached hydrogen (secondary N) is 1. The van der Waals surface area contributed by atoms with Gasteiger partial charge in [-0.2, -0.15) is 0 Å². The Kier molecular flexibility index (Phi) is 4.19. The number of benzene rings is 1. The smallest absolute Gasteiger partial charge is 0.244 e. The standard InChI is InChI=1S/C20H23FN2O2/c1-11(2)12-5-6-13(16(21)7-12)14-8-17(18(22)24)23-19-15(14)9-20(3,4)10-25-19/h5-8,17,23H,1,9-10H2,2-4H3,(H2,22,24). The number of primary amides is 1. The summed E-state index contributed by atoms with van der Waals surface area (Å²) in [7, 11) is 0. The topological polar surface area (TPSA) is 64.4 Å². The van der Waals surface area contributed by atoms with Gasteiger partial charge in [-0.3, -0.25) is 4.79 Å². The zero-order valence-electron chi connectivity index (χ0n) is 14.8. The van der Waals surface area contributed by atoms with E-state index in [4.69, 9.17) is 10.5 Å². The second-order valence-electron chi connectivity index (χ2n) is 7.52. The van der Waals surface area contributed by atoms with E-state index in [1.54, 1.807) is 12.1 Å². The molecule has 3 rings (SSSR count). The van der Waals surface area contributed by atoms with Gasteiger partial charge in [0.05, 0.1) is 6.61 Å². The highest BCUT2D eigenvalue weighted by molar-refractivity contribution is 5.90. The van der Waals surface area contributed by atoms with Crippen LogP contribution in [0.5, 0.6) is 0 Å². The molecule has 0 spiro atoms.